The Bertz CT molecular complexity index is 1000. The van der Waals surface area contributed by atoms with E-state index < -0.39 is 10.0 Å². The summed E-state index contributed by atoms with van der Waals surface area (Å²) < 4.78 is 27.4. The number of benzene rings is 1. The molecule has 2 heterocycles. The molecule has 0 bridgehead atoms. The van der Waals surface area contributed by atoms with Crippen molar-refractivity contribution in [2.45, 2.75) is 18.1 Å². The molecule has 6 nitrogen and oxygen atoms in total. The van der Waals surface area contributed by atoms with Crippen LogP contribution in [0.4, 0.5) is 17.3 Å². The molecule has 0 unspecified atom stereocenters. The van der Waals surface area contributed by atoms with Gasteiger partial charge in [-0.05, 0) is 55.3 Å². The second-order valence-electron chi connectivity index (χ2n) is 5.34. The van der Waals surface area contributed by atoms with E-state index in [1.165, 1.54) is 12.1 Å². The zero-order valence-corrected chi connectivity index (χ0v) is 15.8. The van der Waals surface area contributed by atoms with Crippen molar-refractivity contribution < 1.29 is 8.42 Å². The minimum atomic E-state index is -3.72. The molecule has 3 aromatic rings. The first-order valence-electron chi connectivity index (χ1n) is 7.30. The SMILES string of the molecule is Cc1cccc(Nc2ccc(NS(=O)(=O)c3ccc(Cl)s3)nn2)c1C. The van der Waals surface area contributed by atoms with Crippen molar-refractivity contribution in [3.05, 3.63) is 57.9 Å². The third kappa shape index (κ3) is 4.09. The van der Waals surface area contributed by atoms with Gasteiger partial charge in [0.2, 0.25) is 0 Å². The second kappa shape index (κ2) is 6.99. The molecule has 1 aromatic carbocycles. The number of sulfonamides is 1. The number of hydrogen-bond acceptors (Lipinski definition) is 6. The molecule has 130 valence electrons. The van der Waals surface area contributed by atoms with E-state index in [4.69, 9.17) is 11.6 Å². The number of halogens is 1. The van der Waals surface area contributed by atoms with Gasteiger partial charge >= 0.3 is 0 Å². The molecule has 0 aliphatic rings. The fraction of sp³-hybridized carbons (Fsp3) is 0.125. The van der Waals surface area contributed by atoms with Crippen LogP contribution in [0.5, 0.6) is 0 Å². The van der Waals surface area contributed by atoms with Crippen molar-refractivity contribution >= 4 is 50.3 Å². The van der Waals surface area contributed by atoms with Crippen molar-refractivity contribution in [1.29, 1.82) is 0 Å². The lowest BCUT2D eigenvalue weighted by Crippen LogP contribution is -2.13. The van der Waals surface area contributed by atoms with Crippen LogP contribution in [-0.2, 0) is 10.0 Å². The Morgan fingerprint density at radius 2 is 1.72 bits per heavy atom. The molecule has 3 rings (SSSR count). The van der Waals surface area contributed by atoms with Crippen LogP contribution >= 0.6 is 22.9 Å². The molecule has 2 N–H and O–H groups in total. The number of thiophene rings is 1. The molecule has 9 heteroatoms. The Morgan fingerprint density at radius 1 is 1.00 bits per heavy atom. The number of aromatic nitrogens is 2. The van der Waals surface area contributed by atoms with Gasteiger partial charge in [0.25, 0.3) is 10.0 Å². The van der Waals surface area contributed by atoms with Crippen molar-refractivity contribution in [2.75, 3.05) is 10.0 Å². The van der Waals surface area contributed by atoms with E-state index in [1.807, 2.05) is 32.0 Å². The van der Waals surface area contributed by atoms with E-state index in [0.717, 1.165) is 28.2 Å². The standard InChI is InChI=1S/C16H15ClN4O2S2/c1-10-4-3-5-12(11(10)2)18-14-7-8-15(20-19-14)21-25(22,23)16-9-6-13(17)24-16/h3-9H,1-2H3,(H,18,19)(H,20,21). The largest absolute Gasteiger partial charge is 0.339 e. The van der Waals surface area contributed by atoms with Gasteiger partial charge in [0, 0.05) is 5.69 Å². The number of anilines is 3. The lowest BCUT2D eigenvalue weighted by atomic mass is 10.1. The summed E-state index contributed by atoms with van der Waals surface area (Å²) in [6, 6.07) is 12.1. The van der Waals surface area contributed by atoms with Crippen LogP contribution in [0.25, 0.3) is 0 Å². The zero-order chi connectivity index (χ0) is 18.0. The molecule has 0 radical (unpaired) electrons. The lowest BCUT2D eigenvalue weighted by Gasteiger charge is -2.11. The van der Waals surface area contributed by atoms with Gasteiger partial charge in [-0.25, -0.2) is 8.42 Å². The van der Waals surface area contributed by atoms with Crippen LogP contribution in [0.3, 0.4) is 0 Å². The Kier molecular flexibility index (Phi) is 4.94. The highest BCUT2D eigenvalue weighted by atomic mass is 35.5. The summed E-state index contributed by atoms with van der Waals surface area (Å²) in [4.78, 5) is 0. The van der Waals surface area contributed by atoms with Crippen molar-refractivity contribution in [1.82, 2.24) is 10.2 Å². The smallest absolute Gasteiger partial charge is 0.272 e. The summed E-state index contributed by atoms with van der Waals surface area (Å²) >= 11 is 6.76. The molecule has 0 aliphatic carbocycles. The molecule has 2 aromatic heterocycles. The van der Waals surface area contributed by atoms with Crippen molar-refractivity contribution in [3.8, 4) is 0 Å². The topological polar surface area (TPSA) is 84.0 Å². The first-order chi connectivity index (χ1) is 11.8. The Morgan fingerprint density at radius 3 is 2.36 bits per heavy atom. The van der Waals surface area contributed by atoms with Gasteiger partial charge in [-0.1, -0.05) is 23.7 Å². The third-order valence-corrected chi connectivity index (χ3v) is 6.66. The normalized spacial score (nSPS) is 11.3. The minimum Gasteiger partial charge on any atom is -0.339 e. The highest BCUT2D eigenvalue weighted by Crippen LogP contribution is 2.27. The summed E-state index contributed by atoms with van der Waals surface area (Å²) in [7, 11) is -3.72. The van der Waals surface area contributed by atoms with Crippen LogP contribution in [0.15, 0.2) is 46.7 Å². The summed E-state index contributed by atoms with van der Waals surface area (Å²) in [5.74, 6) is 0.659. The highest BCUT2D eigenvalue weighted by molar-refractivity contribution is 7.94. The van der Waals surface area contributed by atoms with Crippen molar-refractivity contribution in [2.24, 2.45) is 0 Å². The first kappa shape index (κ1) is 17.7. The van der Waals surface area contributed by atoms with Gasteiger partial charge < -0.3 is 5.32 Å². The predicted octanol–water partition coefficient (Wildman–Crippen LogP) is 4.35. The second-order valence-corrected chi connectivity index (χ2v) is 8.96. The summed E-state index contributed by atoms with van der Waals surface area (Å²) in [6.07, 6.45) is 0. The van der Waals surface area contributed by atoms with Gasteiger partial charge in [0.15, 0.2) is 11.6 Å². The van der Waals surface area contributed by atoms with E-state index in [9.17, 15) is 8.42 Å². The van der Waals surface area contributed by atoms with Crippen LogP contribution in [-0.4, -0.2) is 18.6 Å². The molecule has 0 atom stereocenters. The number of aryl methyl sites for hydroxylation is 1. The van der Waals surface area contributed by atoms with Gasteiger partial charge in [0.1, 0.15) is 4.21 Å². The molecule has 0 fully saturated rings. The van der Waals surface area contributed by atoms with Gasteiger partial charge in [-0.2, -0.15) is 0 Å². The predicted molar refractivity (Wildman–Crippen MR) is 101 cm³/mol. The Balaban J connectivity index is 1.75. The van der Waals surface area contributed by atoms with E-state index >= 15 is 0 Å². The average molecular weight is 395 g/mol. The maximum Gasteiger partial charge on any atom is 0.272 e. The van der Waals surface area contributed by atoms with E-state index in [2.05, 4.69) is 20.2 Å². The molecule has 0 saturated carbocycles. The summed E-state index contributed by atoms with van der Waals surface area (Å²) in [6.45, 7) is 4.04. The molecular formula is C16H15ClN4O2S2. The maximum absolute atomic E-state index is 12.2. The monoisotopic (exact) mass is 394 g/mol. The van der Waals surface area contributed by atoms with Gasteiger partial charge in [-0.3, -0.25) is 4.72 Å². The average Bonchev–Trinajstić information content (AvgIpc) is 3.01. The number of nitrogens with zero attached hydrogens (tertiary/aromatic N) is 2. The van der Waals surface area contributed by atoms with E-state index in [0.29, 0.717) is 10.2 Å². The van der Waals surface area contributed by atoms with E-state index in [1.54, 1.807) is 12.1 Å². The third-order valence-electron chi connectivity index (χ3n) is 3.58. The molecule has 25 heavy (non-hydrogen) atoms. The fourth-order valence-corrected chi connectivity index (χ4v) is 4.59. The fourth-order valence-electron chi connectivity index (χ4n) is 2.11. The number of nitrogens with one attached hydrogen (secondary N) is 2. The number of rotatable bonds is 5. The van der Waals surface area contributed by atoms with Crippen LogP contribution in [0.1, 0.15) is 11.1 Å². The number of hydrogen-bond donors (Lipinski definition) is 2. The Hall–Kier alpha value is -2.16. The molecule has 0 aliphatic heterocycles. The lowest BCUT2D eigenvalue weighted by molar-refractivity contribution is 0.603. The van der Waals surface area contributed by atoms with E-state index in [-0.39, 0.29) is 10.0 Å². The maximum atomic E-state index is 12.2. The van der Waals surface area contributed by atoms with Gasteiger partial charge in [0.05, 0.1) is 4.34 Å². The van der Waals surface area contributed by atoms with Crippen molar-refractivity contribution in [3.63, 3.8) is 0 Å². The van der Waals surface area contributed by atoms with Crippen LogP contribution in [0, 0.1) is 13.8 Å². The summed E-state index contributed by atoms with van der Waals surface area (Å²) in [5, 5.41) is 11.1. The molecular weight excluding hydrogens is 380 g/mol. The minimum absolute atomic E-state index is 0.122. The molecule has 0 saturated heterocycles. The zero-order valence-electron chi connectivity index (χ0n) is 13.4. The van der Waals surface area contributed by atoms with Crippen LogP contribution in [0.2, 0.25) is 4.34 Å². The molecule has 0 spiro atoms. The van der Waals surface area contributed by atoms with Gasteiger partial charge in [-0.15, -0.1) is 21.5 Å². The van der Waals surface area contributed by atoms with Crippen LogP contribution < -0.4 is 10.0 Å². The summed E-state index contributed by atoms with van der Waals surface area (Å²) in [5.41, 5.74) is 3.21. The first-order valence-corrected chi connectivity index (χ1v) is 9.98. The Labute approximate surface area is 154 Å². The quantitative estimate of drug-likeness (QED) is 0.671. The highest BCUT2D eigenvalue weighted by Gasteiger charge is 2.17. The molecule has 0 amide bonds.